The molecule has 0 radical (unpaired) electrons. The van der Waals surface area contributed by atoms with Crippen LogP contribution in [0.25, 0.3) is 0 Å². The maximum Gasteiger partial charge on any atom is 0.257 e. The summed E-state index contributed by atoms with van der Waals surface area (Å²) in [6, 6.07) is 18.1. The van der Waals surface area contributed by atoms with E-state index in [0.717, 1.165) is 11.3 Å². The van der Waals surface area contributed by atoms with Crippen LogP contribution < -0.4 is 16.0 Å². The van der Waals surface area contributed by atoms with Gasteiger partial charge in [0.05, 0.1) is 5.56 Å². The summed E-state index contributed by atoms with van der Waals surface area (Å²) in [7, 11) is 0. The Morgan fingerprint density at radius 2 is 1.59 bits per heavy atom. The molecule has 0 bridgehead atoms. The van der Waals surface area contributed by atoms with E-state index in [4.69, 9.17) is 0 Å². The number of hydrogen-bond donors (Lipinski definition) is 3. The van der Waals surface area contributed by atoms with Gasteiger partial charge in [-0.05, 0) is 67.9 Å². The van der Waals surface area contributed by atoms with E-state index in [-0.39, 0.29) is 17.9 Å². The number of carbonyl (C=O) groups is 2. The third kappa shape index (κ3) is 5.65. The highest BCUT2D eigenvalue weighted by atomic mass is 16.2. The number of rotatable bonds is 7. The molecule has 3 rings (SSSR count). The molecule has 0 aliphatic rings. The summed E-state index contributed by atoms with van der Waals surface area (Å²) in [5.41, 5.74) is 3.54. The van der Waals surface area contributed by atoms with Crippen molar-refractivity contribution in [2.75, 3.05) is 10.6 Å². The first-order valence-corrected chi connectivity index (χ1v) is 9.47. The van der Waals surface area contributed by atoms with Gasteiger partial charge in [-0.1, -0.05) is 12.1 Å². The van der Waals surface area contributed by atoms with E-state index < -0.39 is 0 Å². The molecule has 0 fully saturated rings. The second kappa shape index (κ2) is 9.50. The van der Waals surface area contributed by atoms with E-state index in [2.05, 4.69) is 20.9 Å². The van der Waals surface area contributed by atoms with Crippen LogP contribution in [0.5, 0.6) is 0 Å². The van der Waals surface area contributed by atoms with Gasteiger partial charge in [0, 0.05) is 41.9 Å². The lowest BCUT2D eigenvalue weighted by molar-refractivity contribution is 0.0942. The van der Waals surface area contributed by atoms with Crippen LogP contribution in [0.1, 0.15) is 40.1 Å². The van der Waals surface area contributed by atoms with Gasteiger partial charge in [0.2, 0.25) is 0 Å². The predicted molar refractivity (Wildman–Crippen MR) is 115 cm³/mol. The van der Waals surface area contributed by atoms with Crippen molar-refractivity contribution in [1.29, 1.82) is 0 Å². The fourth-order valence-electron chi connectivity index (χ4n) is 2.78. The molecule has 3 N–H and O–H groups in total. The van der Waals surface area contributed by atoms with Crippen LogP contribution in [-0.2, 0) is 6.54 Å². The zero-order chi connectivity index (χ0) is 20.6. The minimum absolute atomic E-state index is 0.0676. The number of hydrogen-bond acceptors (Lipinski definition) is 4. The normalized spacial score (nSPS) is 10.4. The standard InChI is InChI=1S/C23H24N4O2/c1-16(2)26-22(28)18-7-9-19(10-8-18)27-23(29)20-5-3-4-6-21(20)25-15-17-11-13-24-14-12-17/h3-14,16,25H,15H2,1-2H3,(H,26,28)(H,27,29). The fourth-order valence-corrected chi connectivity index (χ4v) is 2.78. The fraction of sp³-hybridized carbons (Fsp3) is 0.174. The highest BCUT2D eigenvalue weighted by Gasteiger charge is 2.12. The molecule has 2 amide bonds. The van der Waals surface area contributed by atoms with Crippen molar-refractivity contribution < 1.29 is 9.59 Å². The average Bonchev–Trinajstić information content (AvgIpc) is 2.73. The van der Waals surface area contributed by atoms with Crippen molar-refractivity contribution in [3.8, 4) is 0 Å². The van der Waals surface area contributed by atoms with Gasteiger partial charge in [0.15, 0.2) is 0 Å². The van der Waals surface area contributed by atoms with Crippen molar-refractivity contribution >= 4 is 23.2 Å². The van der Waals surface area contributed by atoms with E-state index >= 15 is 0 Å². The van der Waals surface area contributed by atoms with Crippen LogP contribution in [0.2, 0.25) is 0 Å². The second-order valence-electron chi connectivity index (χ2n) is 6.91. The van der Waals surface area contributed by atoms with E-state index in [1.807, 2.05) is 44.2 Å². The lowest BCUT2D eigenvalue weighted by atomic mass is 10.1. The number of nitrogens with zero attached hydrogens (tertiary/aromatic N) is 1. The third-order valence-corrected chi connectivity index (χ3v) is 4.23. The molecule has 0 aliphatic carbocycles. The van der Waals surface area contributed by atoms with Crippen LogP contribution in [0.3, 0.4) is 0 Å². The number of nitrogens with one attached hydrogen (secondary N) is 3. The number of benzene rings is 2. The Balaban J connectivity index is 1.67. The zero-order valence-corrected chi connectivity index (χ0v) is 16.5. The molecule has 1 aromatic heterocycles. The van der Waals surface area contributed by atoms with Crippen molar-refractivity contribution in [1.82, 2.24) is 10.3 Å². The molecule has 148 valence electrons. The molecule has 0 unspecified atom stereocenters. The first-order chi connectivity index (χ1) is 14.0. The van der Waals surface area contributed by atoms with Gasteiger partial charge in [0.25, 0.3) is 11.8 Å². The van der Waals surface area contributed by atoms with Gasteiger partial charge in [-0.2, -0.15) is 0 Å². The van der Waals surface area contributed by atoms with Crippen LogP contribution in [0, 0.1) is 0 Å². The third-order valence-electron chi connectivity index (χ3n) is 4.23. The molecule has 0 aliphatic heterocycles. The molecule has 0 atom stereocenters. The molecule has 29 heavy (non-hydrogen) atoms. The van der Waals surface area contributed by atoms with E-state index in [9.17, 15) is 9.59 Å². The predicted octanol–water partition coefficient (Wildman–Crippen LogP) is 4.08. The molecule has 2 aromatic carbocycles. The Kier molecular flexibility index (Phi) is 6.58. The number of aromatic nitrogens is 1. The van der Waals surface area contributed by atoms with Crippen LogP contribution in [0.15, 0.2) is 73.1 Å². The quantitative estimate of drug-likeness (QED) is 0.569. The second-order valence-corrected chi connectivity index (χ2v) is 6.91. The Hall–Kier alpha value is -3.67. The smallest absolute Gasteiger partial charge is 0.257 e. The highest BCUT2D eigenvalue weighted by molar-refractivity contribution is 6.08. The van der Waals surface area contributed by atoms with Gasteiger partial charge in [-0.15, -0.1) is 0 Å². The summed E-state index contributed by atoms with van der Waals surface area (Å²) in [6.07, 6.45) is 3.47. The molecule has 0 spiro atoms. The van der Waals surface area contributed by atoms with E-state index in [0.29, 0.717) is 23.4 Å². The van der Waals surface area contributed by atoms with Gasteiger partial charge in [-0.25, -0.2) is 0 Å². The van der Waals surface area contributed by atoms with Crippen molar-refractivity contribution in [3.63, 3.8) is 0 Å². The summed E-state index contributed by atoms with van der Waals surface area (Å²) < 4.78 is 0. The molecule has 0 saturated carbocycles. The Morgan fingerprint density at radius 1 is 0.897 bits per heavy atom. The van der Waals surface area contributed by atoms with Gasteiger partial charge in [0.1, 0.15) is 0 Å². The maximum atomic E-state index is 12.8. The molecule has 0 saturated heterocycles. The average molecular weight is 388 g/mol. The number of pyridine rings is 1. The number of para-hydroxylation sites is 1. The summed E-state index contributed by atoms with van der Waals surface area (Å²) >= 11 is 0. The summed E-state index contributed by atoms with van der Waals surface area (Å²) in [5, 5.41) is 9.02. The molecule has 1 heterocycles. The Labute approximate surface area is 170 Å². The first kappa shape index (κ1) is 20.1. The van der Waals surface area contributed by atoms with E-state index in [1.54, 1.807) is 42.7 Å². The summed E-state index contributed by atoms with van der Waals surface area (Å²) in [4.78, 5) is 28.8. The summed E-state index contributed by atoms with van der Waals surface area (Å²) in [5.74, 6) is -0.356. The van der Waals surface area contributed by atoms with Crippen molar-refractivity contribution in [3.05, 3.63) is 89.7 Å². The number of amides is 2. The maximum absolute atomic E-state index is 12.8. The minimum atomic E-state index is -0.220. The first-order valence-electron chi connectivity index (χ1n) is 9.47. The van der Waals surface area contributed by atoms with Gasteiger partial charge < -0.3 is 16.0 Å². The minimum Gasteiger partial charge on any atom is -0.380 e. The molecular formula is C23H24N4O2. The van der Waals surface area contributed by atoms with Gasteiger partial charge in [-0.3, -0.25) is 14.6 Å². The van der Waals surface area contributed by atoms with Crippen molar-refractivity contribution in [2.24, 2.45) is 0 Å². The van der Waals surface area contributed by atoms with Crippen molar-refractivity contribution in [2.45, 2.75) is 26.4 Å². The molecular weight excluding hydrogens is 364 g/mol. The van der Waals surface area contributed by atoms with Gasteiger partial charge >= 0.3 is 0 Å². The Morgan fingerprint density at radius 3 is 2.28 bits per heavy atom. The lowest BCUT2D eigenvalue weighted by Gasteiger charge is -2.13. The van der Waals surface area contributed by atoms with E-state index in [1.165, 1.54) is 0 Å². The zero-order valence-electron chi connectivity index (χ0n) is 16.5. The highest BCUT2D eigenvalue weighted by Crippen LogP contribution is 2.19. The topological polar surface area (TPSA) is 83.1 Å². The van der Waals surface area contributed by atoms with Crippen LogP contribution >= 0.6 is 0 Å². The van der Waals surface area contributed by atoms with Crippen LogP contribution in [0.4, 0.5) is 11.4 Å². The molecule has 6 nitrogen and oxygen atoms in total. The van der Waals surface area contributed by atoms with Crippen LogP contribution in [-0.4, -0.2) is 22.8 Å². The molecule has 6 heteroatoms. The lowest BCUT2D eigenvalue weighted by Crippen LogP contribution is -2.30. The summed E-state index contributed by atoms with van der Waals surface area (Å²) in [6.45, 7) is 4.41. The molecule has 3 aromatic rings. The SMILES string of the molecule is CC(C)NC(=O)c1ccc(NC(=O)c2ccccc2NCc2ccncc2)cc1. The largest absolute Gasteiger partial charge is 0.380 e. The number of carbonyl (C=O) groups excluding carboxylic acids is 2. The number of anilines is 2. The Bertz CT molecular complexity index is 970. The monoisotopic (exact) mass is 388 g/mol.